The first-order valence-corrected chi connectivity index (χ1v) is 12.1. The number of benzene rings is 2. The summed E-state index contributed by atoms with van der Waals surface area (Å²) in [5, 5.41) is 0. The van der Waals surface area contributed by atoms with Crippen molar-refractivity contribution in [3.8, 4) is 0 Å². The number of aryl methyl sites for hydroxylation is 1. The second kappa shape index (κ2) is 6.46. The summed E-state index contributed by atoms with van der Waals surface area (Å²) in [6.07, 6.45) is 3.56. The van der Waals surface area contributed by atoms with E-state index in [4.69, 9.17) is 0 Å². The molecule has 5 atom stereocenters. The van der Waals surface area contributed by atoms with Crippen LogP contribution in [0.5, 0.6) is 0 Å². The number of nitrogens with zero attached hydrogens (tertiary/aromatic N) is 1. The fourth-order valence-electron chi connectivity index (χ4n) is 6.11. The molecule has 0 amide bonds. The van der Waals surface area contributed by atoms with E-state index in [9.17, 15) is 8.42 Å². The molecule has 3 aliphatic carbocycles. The van der Waals surface area contributed by atoms with Crippen LogP contribution in [-0.2, 0) is 10.0 Å². The van der Waals surface area contributed by atoms with Crippen molar-refractivity contribution in [3.05, 3.63) is 71.3 Å². The first kappa shape index (κ1) is 18.9. The Balaban J connectivity index is 1.70. The molecule has 1 saturated carbocycles. The summed E-state index contributed by atoms with van der Waals surface area (Å²) in [5.74, 6) is 2.02. The Hall–Kier alpha value is -2.07. The van der Waals surface area contributed by atoms with Crippen molar-refractivity contribution in [2.75, 3.05) is 4.31 Å². The van der Waals surface area contributed by atoms with Crippen molar-refractivity contribution in [2.24, 2.45) is 23.7 Å². The molecule has 2 aromatic carbocycles. The number of fused-ring (bicyclic) bond motifs is 2. The largest absolute Gasteiger partial charge is 0.264 e. The maximum atomic E-state index is 13.9. The minimum atomic E-state index is -3.62. The lowest BCUT2D eigenvalue weighted by atomic mass is 9.56. The Kier molecular flexibility index (Phi) is 4.22. The molecule has 0 aromatic heterocycles. The number of rotatable bonds is 3. The highest BCUT2D eigenvalue weighted by Gasteiger charge is 2.57. The molecule has 1 fully saturated rings. The van der Waals surface area contributed by atoms with Gasteiger partial charge in [-0.1, -0.05) is 61.4 Å². The third kappa shape index (κ3) is 2.64. The zero-order valence-electron chi connectivity index (χ0n) is 17.5. The van der Waals surface area contributed by atoms with Crippen molar-refractivity contribution >= 4 is 15.7 Å². The van der Waals surface area contributed by atoms with Gasteiger partial charge in [0, 0.05) is 11.8 Å². The molecule has 2 aromatic rings. The fraction of sp³-hybridized carbons (Fsp3) is 0.440. The zero-order chi connectivity index (χ0) is 20.5. The Morgan fingerprint density at radius 3 is 2.38 bits per heavy atom. The van der Waals surface area contributed by atoms with Crippen LogP contribution in [0, 0.1) is 30.6 Å². The van der Waals surface area contributed by atoms with Gasteiger partial charge in [0.25, 0.3) is 10.0 Å². The molecule has 0 spiro atoms. The predicted octanol–water partition coefficient (Wildman–Crippen LogP) is 5.52. The van der Waals surface area contributed by atoms with E-state index in [0.717, 1.165) is 11.3 Å². The summed E-state index contributed by atoms with van der Waals surface area (Å²) in [6.45, 7) is 8.79. The molecular weight excluding hydrogens is 378 g/mol. The molecule has 3 unspecified atom stereocenters. The van der Waals surface area contributed by atoms with Crippen molar-refractivity contribution in [1.82, 2.24) is 0 Å². The molecule has 2 bridgehead atoms. The molecule has 3 nitrogen and oxygen atoms in total. The van der Waals surface area contributed by atoms with Gasteiger partial charge in [0.1, 0.15) is 0 Å². The molecule has 0 N–H and O–H groups in total. The Labute approximate surface area is 174 Å². The van der Waals surface area contributed by atoms with Crippen LogP contribution in [-0.4, -0.2) is 14.5 Å². The highest BCUT2D eigenvalue weighted by molar-refractivity contribution is 7.92. The molecule has 0 radical (unpaired) electrons. The monoisotopic (exact) mass is 407 g/mol. The van der Waals surface area contributed by atoms with Crippen LogP contribution < -0.4 is 4.31 Å². The third-order valence-electron chi connectivity index (χ3n) is 7.49. The summed E-state index contributed by atoms with van der Waals surface area (Å²) in [4.78, 5) is 0.391. The van der Waals surface area contributed by atoms with Crippen molar-refractivity contribution in [3.63, 3.8) is 0 Å². The average molecular weight is 408 g/mol. The quantitative estimate of drug-likeness (QED) is 0.628. The van der Waals surface area contributed by atoms with Gasteiger partial charge in [-0.3, -0.25) is 4.31 Å². The number of hydrogen-bond acceptors (Lipinski definition) is 2. The van der Waals surface area contributed by atoms with E-state index in [1.165, 1.54) is 17.6 Å². The van der Waals surface area contributed by atoms with Gasteiger partial charge in [0.05, 0.1) is 16.6 Å². The first-order chi connectivity index (χ1) is 13.8. The standard InChI is InChI=1S/C25H29NO2S/c1-15(2)20-14-21-17(4)13-22(20)25-24(21)19-7-5-6-8-23(19)26(25)29(27,28)18-11-9-16(3)10-12-18/h5-13,15,20-22,24-25H,14H2,1-4H3/t20?,21-,22-,24?,25?/m0/s1. The maximum absolute atomic E-state index is 13.9. The predicted molar refractivity (Wildman–Crippen MR) is 117 cm³/mol. The number of para-hydroxylation sites is 1. The first-order valence-electron chi connectivity index (χ1n) is 10.7. The van der Waals surface area contributed by atoms with Gasteiger partial charge >= 0.3 is 0 Å². The van der Waals surface area contributed by atoms with Crippen LogP contribution in [0.1, 0.15) is 44.2 Å². The van der Waals surface area contributed by atoms with E-state index < -0.39 is 10.0 Å². The smallest absolute Gasteiger partial charge is 0.262 e. The molecule has 6 rings (SSSR count). The Bertz CT molecular complexity index is 1080. The van der Waals surface area contributed by atoms with Gasteiger partial charge in [0.15, 0.2) is 0 Å². The summed E-state index contributed by atoms with van der Waals surface area (Å²) in [6, 6.07) is 15.4. The van der Waals surface area contributed by atoms with E-state index in [-0.39, 0.29) is 17.9 Å². The molecule has 29 heavy (non-hydrogen) atoms. The molecule has 1 aliphatic heterocycles. The Morgan fingerprint density at radius 2 is 1.69 bits per heavy atom. The molecule has 4 heteroatoms. The minimum Gasteiger partial charge on any atom is -0.262 e. The molecular formula is C25H29NO2S. The second-order valence-corrected chi connectivity index (χ2v) is 11.2. The lowest BCUT2D eigenvalue weighted by Crippen LogP contribution is -2.53. The van der Waals surface area contributed by atoms with Gasteiger partial charge in [-0.2, -0.15) is 0 Å². The van der Waals surface area contributed by atoms with Gasteiger partial charge in [-0.15, -0.1) is 0 Å². The highest BCUT2D eigenvalue weighted by Crippen LogP contribution is 2.61. The summed E-state index contributed by atoms with van der Waals surface area (Å²) >= 11 is 0. The fourth-order valence-corrected chi connectivity index (χ4v) is 7.83. The van der Waals surface area contributed by atoms with Crippen LogP contribution in [0.15, 0.2) is 65.1 Å². The topological polar surface area (TPSA) is 37.4 Å². The lowest BCUT2D eigenvalue weighted by molar-refractivity contribution is 0.124. The third-order valence-corrected chi connectivity index (χ3v) is 9.32. The second-order valence-electron chi connectivity index (χ2n) is 9.43. The molecule has 152 valence electrons. The molecule has 4 aliphatic rings. The summed E-state index contributed by atoms with van der Waals surface area (Å²) < 4.78 is 29.6. The normalized spacial score (nSPS) is 30.3. The van der Waals surface area contributed by atoms with E-state index in [1.807, 2.05) is 31.2 Å². The molecule has 0 saturated heterocycles. The molecule has 1 heterocycles. The van der Waals surface area contributed by atoms with E-state index in [1.54, 1.807) is 16.4 Å². The van der Waals surface area contributed by atoms with Gasteiger partial charge < -0.3 is 0 Å². The summed E-state index contributed by atoms with van der Waals surface area (Å²) in [7, 11) is -3.62. The van der Waals surface area contributed by atoms with E-state index in [0.29, 0.717) is 22.6 Å². The Morgan fingerprint density at radius 1 is 1.00 bits per heavy atom. The zero-order valence-corrected chi connectivity index (χ0v) is 18.4. The number of allylic oxidation sites excluding steroid dienone is 1. The average Bonchev–Trinajstić information content (AvgIpc) is 3.05. The van der Waals surface area contributed by atoms with Crippen LogP contribution in [0.4, 0.5) is 5.69 Å². The van der Waals surface area contributed by atoms with Crippen LogP contribution >= 0.6 is 0 Å². The SMILES string of the molecule is CC1=C[C@H]2C(C(C)C)C[C@@H]1C1c3ccccc3N(S(=O)(=O)c3ccc(C)cc3)C12. The van der Waals surface area contributed by atoms with Gasteiger partial charge in [0.2, 0.25) is 0 Å². The summed E-state index contributed by atoms with van der Waals surface area (Å²) in [5.41, 5.74) is 4.60. The highest BCUT2D eigenvalue weighted by atomic mass is 32.2. The lowest BCUT2D eigenvalue weighted by Gasteiger charge is -2.52. The number of sulfonamides is 1. The van der Waals surface area contributed by atoms with E-state index in [2.05, 4.69) is 39.0 Å². The maximum Gasteiger partial charge on any atom is 0.264 e. The minimum absolute atomic E-state index is 0.0199. The van der Waals surface area contributed by atoms with Crippen LogP contribution in [0.2, 0.25) is 0 Å². The van der Waals surface area contributed by atoms with Crippen molar-refractivity contribution in [1.29, 1.82) is 0 Å². The van der Waals surface area contributed by atoms with Gasteiger partial charge in [-0.05, 0) is 61.8 Å². The number of hydrogen-bond donors (Lipinski definition) is 0. The van der Waals surface area contributed by atoms with E-state index >= 15 is 0 Å². The number of anilines is 1. The van der Waals surface area contributed by atoms with Crippen LogP contribution in [0.3, 0.4) is 0 Å². The van der Waals surface area contributed by atoms with Crippen LogP contribution in [0.25, 0.3) is 0 Å². The van der Waals surface area contributed by atoms with Crippen molar-refractivity contribution < 1.29 is 8.42 Å². The van der Waals surface area contributed by atoms with Gasteiger partial charge in [-0.25, -0.2) is 8.42 Å². The van der Waals surface area contributed by atoms with Crippen molar-refractivity contribution in [2.45, 2.75) is 51.0 Å².